The SMILES string of the molecule is CCCC1CC[C@@H]2C[C@H](c3ccc(-c4ccc(OC(F)(F)F)cc4)cc3)CC[C@@H]2C1. The highest BCUT2D eigenvalue weighted by Crippen LogP contribution is 2.48. The largest absolute Gasteiger partial charge is 0.573 e. The van der Waals surface area contributed by atoms with E-state index in [9.17, 15) is 13.2 Å². The van der Waals surface area contributed by atoms with Crippen molar-refractivity contribution in [3.63, 3.8) is 0 Å². The van der Waals surface area contributed by atoms with E-state index in [1.54, 1.807) is 12.1 Å². The number of ether oxygens (including phenoxy) is 1. The zero-order valence-electron chi connectivity index (χ0n) is 17.6. The van der Waals surface area contributed by atoms with Gasteiger partial charge in [0.15, 0.2) is 0 Å². The number of benzene rings is 2. The fraction of sp³-hybridized carbons (Fsp3) is 0.538. The van der Waals surface area contributed by atoms with Crippen LogP contribution in [-0.4, -0.2) is 6.36 Å². The summed E-state index contributed by atoms with van der Waals surface area (Å²) < 4.78 is 40.9. The molecule has 4 atom stereocenters. The van der Waals surface area contributed by atoms with Crippen LogP contribution in [0.3, 0.4) is 0 Å². The first-order chi connectivity index (χ1) is 14.4. The van der Waals surface area contributed by atoms with Crippen LogP contribution in [0.15, 0.2) is 48.5 Å². The van der Waals surface area contributed by atoms with Gasteiger partial charge in [-0.25, -0.2) is 0 Å². The van der Waals surface area contributed by atoms with E-state index in [1.807, 2.05) is 0 Å². The quantitative estimate of drug-likeness (QED) is 0.476. The first kappa shape index (κ1) is 21.3. The van der Waals surface area contributed by atoms with Gasteiger partial charge in [-0.05, 0) is 84.6 Å². The third kappa shape index (κ3) is 5.19. The van der Waals surface area contributed by atoms with Crippen molar-refractivity contribution < 1.29 is 17.9 Å². The molecule has 30 heavy (non-hydrogen) atoms. The van der Waals surface area contributed by atoms with Crippen molar-refractivity contribution in [2.45, 2.75) is 70.6 Å². The maximum atomic E-state index is 12.3. The van der Waals surface area contributed by atoms with Crippen LogP contribution < -0.4 is 4.74 Å². The van der Waals surface area contributed by atoms with Gasteiger partial charge in [0.05, 0.1) is 0 Å². The third-order valence-corrected chi connectivity index (χ3v) is 7.22. The number of fused-ring (bicyclic) bond motifs is 1. The Morgan fingerprint density at radius 2 is 1.40 bits per heavy atom. The molecule has 2 aromatic rings. The molecule has 0 aromatic heterocycles. The van der Waals surface area contributed by atoms with Gasteiger partial charge in [-0.3, -0.25) is 0 Å². The summed E-state index contributed by atoms with van der Waals surface area (Å²) in [6.45, 7) is 2.30. The van der Waals surface area contributed by atoms with Crippen LogP contribution in [-0.2, 0) is 0 Å². The van der Waals surface area contributed by atoms with Gasteiger partial charge in [0.1, 0.15) is 5.75 Å². The molecule has 2 aromatic carbocycles. The number of alkyl halides is 3. The first-order valence-electron chi connectivity index (χ1n) is 11.4. The lowest BCUT2D eigenvalue weighted by Crippen LogP contribution is -2.30. The van der Waals surface area contributed by atoms with E-state index in [0.29, 0.717) is 5.92 Å². The minimum absolute atomic E-state index is 0.187. The van der Waals surface area contributed by atoms with Crippen LogP contribution in [0.25, 0.3) is 11.1 Å². The molecule has 0 bridgehead atoms. The summed E-state index contributed by atoms with van der Waals surface area (Å²) >= 11 is 0. The molecule has 4 rings (SSSR count). The highest BCUT2D eigenvalue weighted by atomic mass is 19.4. The molecule has 162 valence electrons. The molecule has 2 aliphatic carbocycles. The summed E-state index contributed by atoms with van der Waals surface area (Å²) in [5, 5.41) is 0. The second-order valence-electron chi connectivity index (χ2n) is 9.19. The van der Waals surface area contributed by atoms with Crippen LogP contribution in [0.5, 0.6) is 5.75 Å². The molecule has 4 heteroatoms. The monoisotopic (exact) mass is 416 g/mol. The lowest BCUT2D eigenvalue weighted by molar-refractivity contribution is -0.274. The molecule has 2 saturated carbocycles. The highest BCUT2D eigenvalue weighted by molar-refractivity contribution is 5.64. The maximum absolute atomic E-state index is 12.3. The van der Waals surface area contributed by atoms with Gasteiger partial charge in [-0.2, -0.15) is 0 Å². The van der Waals surface area contributed by atoms with Gasteiger partial charge in [0.25, 0.3) is 0 Å². The summed E-state index contributed by atoms with van der Waals surface area (Å²) in [5.41, 5.74) is 3.32. The van der Waals surface area contributed by atoms with E-state index in [1.165, 1.54) is 69.1 Å². The predicted molar refractivity (Wildman–Crippen MR) is 114 cm³/mol. The van der Waals surface area contributed by atoms with E-state index in [2.05, 4.69) is 35.9 Å². The summed E-state index contributed by atoms with van der Waals surface area (Å²) in [7, 11) is 0. The Kier molecular flexibility index (Phi) is 6.40. The summed E-state index contributed by atoms with van der Waals surface area (Å²) in [5.74, 6) is 3.24. The van der Waals surface area contributed by atoms with Crippen molar-refractivity contribution in [2.24, 2.45) is 17.8 Å². The van der Waals surface area contributed by atoms with Crippen molar-refractivity contribution in [3.05, 3.63) is 54.1 Å². The van der Waals surface area contributed by atoms with E-state index in [-0.39, 0.29) is 5.75 Å². The van der Waals surface area contributed by atoms with Crippen molar-refractivity contribution in [2.75, 3.05) is 0 Å². The molecule has 1 unspecified atom stereocenters. The maximum Gasteiger partial charge on any atom is 0.573 e. The molecule has 0 radical (unpaired) electrons. The zero-order chi connectivity index (χ0) is 21.1. The van der Waals surface area contributed by atoms with E-state index < -0.39 is 6.36 Å². The van der Waals surface area contributed by atoms with Crippen LogP contribution >= 0.6 is 0 Å². The lowest BCUT2D eigenvalue weighted by Gasteiger charge is -2.42. The van der Waals surface area contributed by atoms with Gasteiger partial charge in [-0.1, -0.05) is 62.6 Å². The number of hydrogen-bond donors (Lipinski definition) is 0. The van der Waals surface area contributed by atoms with E-state index >= 15 is 0 Å². The fourth-order valence-corrected chi connectivity index (χ4v) is 5.76. The van der Waals surface area contributed by atoms with Crippen molar-refractivity contribution >= 4 is 0 Å². The average molecular weight is 417 g/mol. The van der Waals surface area contributed by atoms with Gasteiger partial charge in [0, 0.05) is 0 Å². The van der Waals surface area contributed by atoms with Crippen LogP contribution in [0.4, 0.5) is 13.2 Å². The standard InChI is InChI=1S/C26H31F3O/c1-2-3-18-4-5-24-17-23(11-10-22(24)16-18)21-8-6-19(7-9-21)20-12-14-25(15-13-20)30-26(27,28)29/h6-9,12-15,18,22-24H,2-5,10-11,16-17H2,1H3/t18?,22-,23-,24-/m1/s1. The highest BCUT2D eigenvalue weighted by Gasteiger charge is 2.35. The molecule has 0 aliphatic heterocycles. The number of hydrogen-bond acceptors (Lipinski definition) is 1. The Labute approximate surface area is 177 Å². The van der Waals surface area contributed by atoms with Gasteiger partial charge < -0.3 is 4.74 Å². The summed E-state index contributed by atoms with van der Waals surface area (Å²) in [6, 6.07) is 14.7. The molecule has 0 saturated heterocycles. The topological polar surface area (TPSA) is 9.23 Å². The van der Waals surface area contributed by atoms with Crippen molar-refractivity contribution in [1.29, 1.82) is 0 Å². The van der Waals surface area contributed by atoms with Crippen molar-refractivity contribution in [3.8, 4) is 16.9 Å². The minimum atomic E-state index is -4.66. The van der Waals surface area contributed by atoms with E-state index in [4.69, 9.17) is 0 Å². The van der Waals surface area contributed by atoms with Crippen LogP contribution in [0.1, 0.15) is 69.8 Å². The normalized spacial score (nSPS) is 26.8. The van der Waals surface area contributed by atoms with Gasteiger partial charge in [0.2, 0.25) is 0 Å². The Bertz CT molecular complexity index is 810. The first-order valence-corrected chi connectivity index (χ1v) is 11.4. The molecule has 0 N–H and O–H groups in total. The minimum Gasteiger partial charge on any atom is -0.406 e. The van der Waals surface area contributed by atoms with Crippen LogP contribution in [0.2, 0.25) is 0 Å². The lowest BCUT2D eigenvalue weighted by atomic mass is 9.63. The van der Waals surface area contributed by atoms with Crippen molar-refractivity contribution in [1.82, 2.24) is 0 Å². The third-order valence-electron chi connectivity index (χ3n) is 7.22. The zero-order valence-corrected chi connectivity index (χ0v) is 17.6. The summed E-state index contributed by atoms with van der Waals surface area (Å²) in [6.07, 6.45) is 6.26. The predicted octanol–water partition coefficient (Wildman–Crippen LogP) is 8.35. The second-order valence-corrected chi connectivity index (χ2v) is 9.19. The van der Waals surface area contributed by atoms with E-state index in [0.717, 1.165) is 28.9 Å². The molecule has 0 heterocycles. The molecular formula is C26H31F3O. The molecule has 2 fully saturated rings. The van der Waals surface area contributed by atoms with Gasteiger partial charge in [-0.15, -0.1) is 13.2 Å². The Morgan fingerprint density at radius 3 is 2.03 bits per heavy atom. The average Bonchev–Trinajstić information content (AvgIpc) is 2.73. The Hall–Kier alpha value is -1.97. The summed E-state index contributed by atoms with van der Waals surface area (Å²) in [4.78, 5) is 0. The fourth-order valence-electron chi connectivity index (χ4n) is 5.76. The number of halogens is 3. The molecule has 1 nitrogen and oxygen atoms in total. The molecular weight excluding hydrogens is 385 g/mol. The molecule has 2 aliphatic rings. The molecule has 0 amide bonds. The molecule has 0 spiro atoms. The van der Waals surface area contributed by atoms with Gasteiger partial charge >= 0.3 is 6.36 Å². The Balaban J connectivity index is 1.37. The van der Waals surface area contributed by atoms with Crippen LogP contribution in [0, 0.1) is 17.8 Å². The smallest absolute Gasteiger partial charge is 0.406 e. The second kappa shape index (κ2) is 9.03. The Morgan fingerprint density at radius 1 is 0.800 bits per heavy atom. The number of rotatable bonds is 5.